The van der Waals surface area contributed by atoms with Gasteiger partial charge in [-0.1, -0.05) is 0 Å². The van der Waals surface area contributed by atoms with Gasteiger partial charge in [0.2, 0.25) is 0 Å². The molecule has 1 aliphatic carbocycles. The highest BCUT2D eigenvalue weighted by molar-refractivity contribution is 6.09. The fourth-order valence-corrected chi connectivity index (χ4v) is 4.31. The molecular formula is C27H28F4N4O6. The quantitative estimate of drug-likeness (QED) is 0.314. The number of carboxylic acid groups (broad SMARTS) is 1. The lowest BCUT2D eigenvalue weighted by Gasteiger charge is -2.36. The van der Waals surface area contributed by atoms with Crippen molar-refractivity contribution < 1.29 is 46.8 Å². The summed E-state index contributed by atoms with van der Waals surface area (Å²) in [5, 5.41) is 23.2. The number of nitrogens with one attached hydrogen (secondary N) is 1. The Balaban J connectivity index is 1.51. The lowest BCUT2D eigenvalue weighted by atomic mass is 9.88. The van der Waals surface area contributed by atoms with Gasteiger partial charge in [0.05, 0.1) is 6.61 Å². The SMILES string of the molecule is CC(C)(C)OC(=O)N(C(=O)O)c1cc2c(CNC3CC(Oc4ccnc(C(F)(F)F)c4)C3)c(F)cc(CO)c2cn1. The maximum absolute atomic E-state index is 15.2. The van der Waals surface area contributed by atoms with E-state index in [-0.39, 0.29) is 46.8 Å². The number of carbonyl (C=O) groups excluding carboxylic acids is 1. The predicted molar refractivity (Wildman–Crippen MR) is 138 cm³/mol. The molecule has 0 aliphatic heterocycles. The average molecular weight is 581 g/mol. The van der Waals surface area contributed by atoms with E-state index in [1.807, 2.05) is 0 Å². The van der Waals surface area contributed by atoms with Gasteiger partial charge < -0.3 is 25.0 Å². The number of aromatic nitrogens is 2. The summed E-state index contributed by atoms with van der Waals surface area (Å²) in [6, 6.07) is 4.41. The third kappa shape index (κ3) is 7.00. The van der Waals surface area contributed by atoms with E-state index in [1.165, 1.54) is 18.3 Å². The summed E-state index contributed by atoms with van der Waals surface area (Å²) in [5.74, 6) is -0.947. The highest BCUT2D eigenvalue weighted by Crippen LogP contribution is 2.33. The Morgan fingerprint density at radius 1 is 1.12 bits per heavy atom. The van der Waals surface area contributed by atoms with Crippen molar-refractivity contribution in [3.8, 4) is 5.75 Å². The molecule has 10 nitrogen and oxygen atoms in total. The summed E-state index contributed by atoms with van der Waals surface area (Å²) >= 11 is 0. The maximum atomic E-state index is 15.2. The van der Waals surface area contributed by atoms with Gasteiger partial charge in [-0.3, -0.25) is 4.98 Å². The van der Waals surface area contributed by atoms with Crippen LogP contribution < -0.4 is 15.0 Å². The summed E-state index contributed by atoms with van der Waals surface area (Å²) in [6.07, 6.45) is -4.64. The summed E-state index contributed by atoms with van der Waals surface area (Å²) in [7, 11) is 0. The number of alkyl halides is 3. The number of rotatable bonds is 7. The van der Waals surface area contributed by atoms with Crippen LogP contribution in [0.4, 0.5) is 33.0 Å². The minimum absolute atomic E-state index is 0.0120. The minimum atomic E-state index is -4.59. The van der Waals surface area contributed by atoms with Crippen LogP contribution in [0.25, 0.3) is 10.8 Å². The van der Waals surface area contributed by atoms with Crippen LogP contribution in [0.5, 0.6) is 5.75 Å². The molecule has 3 N–H and O–H groups in total. The second-order valence-electron chi connectivity index (χ2n) is 10.5. The Bertz CT molecular complexity index is 1450. The van der Waals surface area contributed by atoms with Gasteiger partial charge in [0.15, 0.2) is 0 Å². The minimum Gasteiger partial charge on any atom is -0.490 e. The van der Waals surface area contributed by atoms with E-state index in [0.29, 0.717) is 23.1 Å². The molecule has 0 bridgehead atoms. The van der Waals surface area contributed by atoms with Crippen molar-refractivity contribution in [2.45, 2.75) is 70.7 Å². The molecule has 14 heteroatoms. The molecule has 0 saturated heterocycles. The molecule has 1 aliphatic rings. The van der Waals surface area contributed by atoms with Crippen LogP contribution in [0.3, 0.4) is 0 Å². The van der Waals surface area contributed by atoms with E-state index in [1.54, 1.807) is 20.8 Å². The maximum Gasteiger partial charge on any atom is 0.433 e. The molecule has 220 valence electrons. The van der Waals surface area contributed by atoms with Crippen molar-refractivity contribution in [2.24, 2.45) is 0 Å². The van der Waals surface area contributed by atoms with Crippen molar-refractivity contribution in [2.75, 3.05) is 4.90 Å². The lowest BCUT2D eigenvalue weighted by molar-refractivity contribution is -0.141. The van der Waals surface area contributed by atoms with Gasteiger partial charge >= 0.3 is 18.4 Å². The molecule has 0 spiro atoms. The Labute approximate surface area is 231 Å². The second kappa shape index (κ2) is 11.4. The summed E-state index contributed by atoms with van der Waals surface area (Å²) in [4.78, 5) is 32.2. The molecule has 1 aromatic carbocycles. The molecule has 4 rings (SSSR count). The van der Waals surface area contributed by atoms with Gasteiger partial charge in [-0.25, -0.2) is 19.0 Å². The Morgan fingerprint density at radius 3 is 2.44 bits per heavy atom. The van der Waals surface area contributed by atoms with Gasteiger partial charge in [-0.2, -0.15) is 18.1 Å². The van der Waals surface area contributed by atoms with Crippen LogP contribution in [0, 0.1) is 5.82 Å². The number of hydrogen-bond donors (Lipinski definition) is 3. The summed E-state index contributed by atoms with van der Waals surface area (Å²) < 4.78 is 64.7. The molecule has 0 atom stereocenters. The average Bonchev–Trinajstić information content (AvgIpc) is 2.84. The van der Waals surface area contributed by atoms with Gasteiger partial charge in [0.1, 0.15) is 34.8 Å². The number of pyridine rings is 2. The molecule has 2 amide bonds. The Morgan fingerprint density at radius 2 is 1.83 bits per heavy atom. The number of ether oxygens (including phenoxy) is 2. The standard InChI is InChI=1S/C27H28F4N4O6/c1-26(2,3)41-25(39)35(24(37)38)23-10-18-19(11-34-23)14(13-36)6-21(28)20(18)12-33-15-7-17(8-15)40-16-4-5-32-22(9-16)27(29,30)31/h4-6,9-11,15,17,33,36H,7-8,12-13H2,1-3H3,(H,37,38). The Hall–Kier alpha value is -4.04. The highest BCUT2D eigenvalue weighted by Gasteiger charge is 2.35. The zero-order valence-electron chi connectivity index (χ0n) is 22.3. The molecule has 3 aromatic rings. The predicted octanol–water partition coefficient (Wildman–Crippen LogP) is 5.40. The smallest absolute Gasteiger partial charge is 0.433 e. The number of anilines is 1. The van der Waals surface area contributed by atoms with E-state index >= 15 is 4.39 Å². The number of hydrogen-bond acceptors (Lipinski definition) is 8. The van der Waals surface area contributed by atoms with Crippen molar-refractivity contribution in [1.82, 2.24) is 15.3 Å². The molecule has 0 radical (unpaired) electrons. The van der Waals surface area contributed by atoms with Crippen LogP contribution >= 0.6 is 0 Å². The highest BCUT2D eigenvalue weighted by atomic mass is 19.4. The normalized spacial score (nSPS) is 17.2. The second-order valence-corrected chi connectivity index (χ2v) is 10.5. The zero-order chi connectivity index (χ0) is 30.1. The molecule has 41 heavy (non-hydrogen) atoms. The molecule has 0 unspecified atom stereocenters. The van der Waals surface area contributed by atoms with Crippen LogP contribution in [-0.2, 0) is 24.1 Å². The van der Waals surface area contributed by atoms with Crippen molar-refractivity contribution >= 4 is 28.8 Å². The largest absolute Gasteiger partial charge is 0.490 e. The van der Waals surface area contributed by atoms with E-state index in [4.69, 9.17) is 9.47 Å². The molecule has 1 saturated carbocycles. The lowest BCUT2D eigenvalue weighted by Crippen LogP contribution is -2.46. The van der Waals surface area contributed by atoms with Crippen molar-refractivity contribution in [3.63, 3.8) is 0 Å². The Kier molecular flexibility index (Phi) is 8.36. The number of amides is 2. The fourth-order valence-electron chi connectivity index (χ4n) is 4.31. The topological polar surface area (TPSA) is 134 Å². The van der Waals surface area contributed by atoms with E-state index < -0.39 is 42.1 Å². The number of nitrogens with zero attached hydrogens (tertiary/aromatic N) is 3. The van der Waals surface area contributed by atoms with E-state index in [2.05, 4.69) is 15.3 Å². The van der Waals surface area contributed by atoms with E-state index in [0.717, 1.165) is 18.3 Å². The first kappa shape index (κ1) is 29.9. The van der Waals surface area contributed by atoms with Crippen LogP contribution in [-0.4, -0.2) is 50.1 Å². The van der Waals surface area contributed by atoms with Gasteiger partial charge in [0.25, 0.3) is 0 Å². The van der Waals surface area contributed by atoms with Crippen LogP contribution in [0.2, 0.25) is 0 Å². The number of fused-ring (bicyclic) bond motifs is 1. The number of halogens is 4. The molecule has 2 heterocycles. The molecular weight excluding hydrogens is 552 g/mol. The van der Waals surface area contributed by atoms with E-state index in [9.17, 15) is 33.0 Å². The summed E-state index contributed by atoms with van der Waals surface area (Å²) in [6.45, 7) is 4.18. The number of aliphatic hydroxyl groups is 1. The fraction of sp³-hybridized carbons (Fsp3) is 0.407. The number of imide groups is 1. The van der Waals surface area contributed by atoms with Gasteiger partial charge in [-0.05, 0) is 62.8 Å². The van der Waals surface area contributed by atoms with Crippen LogP contribution in [0.15, 0.2) is 36.7 Å². The third-order valence-electron chi connectivity index (χ3n) is 6.30. The summed E-state index contributed by atoms with van der Waals surface area (Å²) in [5.41, 5.74) is -1.69. The number of benzene rings is 1. The number of carbonyl (C=O) groups is 2. The monoisotopic (exact) mass is 580 g/mol. The van der Waals surface area contributed by atoms with Crippen molar-refractivity contribution in [1.29, 1.82) is 0 Å². The first-order chi connectivity index (χ1) is 19.2. The third-order valence-corrected chi connectivity index (χ3v) is 6.30. The van der Waals surface area contributed by atoms with Crippen LogP contribution in [0.1, 0.15) is 50.4 Å². The molecule has 1 fully saturated rings. The van der Waals surface area contributed by atoms with Gasteiger partial charge in [-0.15, -0.1) is 0 Å². The van der Waals surface area contributed by atoms with Crippen molar-refractivity contribution in [3.05, 3.63) is 59.3 Å². The van der Waals surface area contributed by atoms with Gasteiger partial charge in [0, 0.05) is 42.0 Å². The number of aliphatic hydroxyl groups excluding tert-OH is 1. The zero-order valence-corrected chi connectivity index (χ0v) is 22.3. The first-order valence-corrected chi connectivity index (χ1v) is 12.6. The first-order valence-electron chi connectivity index (χ1n) is 12.6. The molecule has 2 aromatic heterocycles.